The minimum atomic E-state index is -0.816. The maximum absolute atomic E-state index is 15.4. The number of hydrogen-bond donors (Lipinski definition) is 3. The number of H-pyrrole nitrogens is 1. The van der Waals surface area contributed by atoms with Crippen LogP contribution in [0.25, 0.3) is 6.08 Å². The lowest BCUT2D eigenvalue weighted by Gasteiger charge is -2.50. The molecule has 0 saturated heterocycles. The normalized spacial score (nSPS) is 25.1. The van der Waals surface area contributed by atoms with Crippen LogP contribution in [0.4, 0.5) is 5.82 Å². The van der Waals surface area contributed by atoms with Crippen LogP contribution in [0, 0.1) is 73.9 Å². The Hall–Kier alpha value is -3.87. The van der Waals surface area contributed by atoms with Gasteiger partial charge < -0.3 is 29.8 Å². The number of nitrogens with one attached hydrogen (secondary N) is 3. The SMILES string of the molecule is CCC(C)(C)C(=O)OCCSC(C)C(=O)Nc1[nH]c(/C=C2\N=C(NC(=O)C(C)(C)C)C(C(=O)OC3C(C(C)(C)C)CC(C)CC3C(C)(C)C)=C2C(C)C)c(C(C)C)c1C(=O)OC1C(C(C)(C)C)CC(C)CC1C(C)(C)C. The smallest absolute Gasteiger partial charge is 0.342 e. The zero-order valence-corrected chi connectivity index (χ0v) is 52.8. The number of anilines is 1. The molecule has 3 N–H and O–H groups in total. The number of amidine groups is 1. The molecule has 2 fully saturated rings. The van der Waals surface area contributed by atoms with Gasteiger partial charge in [-0.05, 0) is 115 Å². The van der Waals surface area contributed by atoms with E-state index in [1.165, 1.54) is 11.8 Å². The van der Waals surface area contributed by atoms with Crippen LogP contribution in [0.3, 0.4) is 0 Å². The average Bonchev–Trinajstić information content (AvgIpc) is 3.81. The molecule has 0 radical (unpaired) electrons. The molecule has 2 saturated carbocycles. The van der Waals surface area contributed by atoms with Gasteiger partial charge in [0.15, 0.2) is 0 Å². The van der Waals surface area contributed by atoms with E-state index in [4.69, 9.17) is 19.2 Å². The monoisotopic (exact) mass is 1080 g/mol. The fraction of sp³-hybridized carbons (Fsp3) is 0.778. The zero-order chi connectivity index (χ0) is 58.2. The number of aromatic nitrogens is 1. The summed E-state index contributed by atoms with van der Waals surface area (Å²) in [6, 6.07) is 0. The molecule has 12 nitrogen and oxygen atoms in total. The molecule has 1 aliphatic heterocycles. The number of carbonyl (C=O) groups excluding carboxylic acids is 5. The van der Waals surface area contributed by atoms with Gasteiger partial charge in [0, 0.05) is 40.5 Å². The van der Waals surface area contributed by atoms with Gasteiger partial charge in [0.25, 0.3) is 0 Å². The Labute approximate surface area is 464 Å². The number of amides is 2. The molecule has 5 atom stereocenters. The van der Waals surface area contributed by atoms with Gasteiger partial charge in [0.05, 0.1) is 16.4 Å². The predicted octanol–water partition coefficient (Wildman–Crippen LogP) is 15.0. The van der Waals surface area contributed by atoms with Crippen molar-refractivity contribution in [2.45, 2.75) is 229 Å². The number of rotatable bonds is 15. The second kappa shape index (κ2) is 24.2. The molecule has 4 rings (SSSR count). The standard InChI is InChI=1S/C63H104N4O8S/c1-26-63(24,25)57(72)73-27-28-76-38(8)53(68)66-51-47(54(69)74-49-39(58(9,10)11)29-36(6)30-40(49)59(12,13)14)45(34(2)3)43(64-51)33-44-46(35(4)5)48(52(65-44)67-56(71)62(21,22)23)55(70)75-50-41(60(15,16)17)31-37(7)32-42(50)61(18,19)20/h33-42,49-50,64H,26-32H2,1-25H3,(H,66,68)(H,65,67,71)/b44-33-. The van der Waals surface area contributed by atoms with Crippen LogP contribution >= 0.6 is 11.8 Å². The fourth-order valence-electron chi connectivity index (χ4n) is 11.6. The maximum Gasteiger partial charge on any atom is 0.342 e. The number of esters is 3. The second-order valence-corrected chi connectivity index (χ2v) is 31.1. The summed E-state index contributed by atoms with van der Waals surface area (Å²) in [7, 11) is 0. The number of hydrogen-bond acceptors (Lipinski definition) is 10. The van der Waals surface area contributed by atoms with Crippen molar-refractivity contribution in [3.05, 3.63) is 33.7 Å². The van der Waals surface area contributed by atoms with Gasteiger partial charge in [-0.1, -0.05) is 152 Å². The molecule has 2 amide bonds. The van der Waals surface area contributed by atoms with Crippen LogP contribution in [0.2, 0.25) is 0 Å². The van der Waals surface area contributed by atoms with Crippen molar-refractivity contribution in [2.75, 3.05) is 17.7 Å². The largest absolute Gasteiger partial charge is 0.464 e. The molecule has 1 aromatic heterocycles. The van der Waals surface area contributed by atoms with Gasteiger partial charge in [0.1, 0.15) is 41.6 Å². The van der Waals surface area contributed by atoms with Crippen LogP contribution in [-0.4, -0.2) is 70.4 Å². The van der Waals surface area contributed by atoms with Crippen LogP contribution in [0.5, 0.6) is 0 Å². The lowest BCUT2D eigenvalue weighted by atomic mass is 9.59. The highest BCUT2D eigenvalue weighted by molar-refractivity contribution is 8.00. The van der Waals surface area contributed by atoms with Gasteiger partial charge in [0.2, 0.25) is 11.8 Å². The number of aliphatic imine (C=N–C) groups is 1. The van der Waals surface area contributed by atoms with Crippen molar-refractivity contribution in [3.8, 4) is 0 Å². The fourth-order valence-corrected chi connectivity index (χ4v) is 12.3. The first-order valence-corrected chi connectivity index (χ1v) is 29.7. The van der Waals surface area contributed by atoms with Crippen LogP contribution in [0.15, 0.2) is 21.8 Å². The summed E-state index contributed by atoms with van der Waals surface area (Å²) in [6.45, 7) is 52.3. The molecule has 3 aliphatic rings. The molecule has 1 aromatic rings. The van der Waals surface area contributed by atoms with Crippen molar-refractivity contribution in [3.63, 3.8) is 0 Å². The van der Waals surface area contributed by atoms with Crippen LogP contribution < -0.4 is 10.6 Å². The summed E-state index contributed by atoms with van der Waals surface area (Å²) in [6.07, 6.45) is 5.35. The molecule has 0 spiro atoms. The Kier molecular flexibility index (Phi) is 20.6. The summed E-state index contributed by atoms with van der Waals surface area (Å²) in [5.74, 6) is -0.628. The van der Waals surface area contributed by atoms with Crippen LogP contribution in [0.1, 0.15) is 233 Å². The molecule has 2 aliphatic carbocycles. The molecular formula is C63H104N4O8S. The highest BCUT2D eigenvalue weighted by Crippen LogP contribution is 2.52. The summed E-state index contributed by atoms with van der Waals surface area (Å²) in [5, 5.41) is 5.56. The number of carbonyl (C=O) groups is 5. The van der Waals surface area contributed by atoms with E-state index in [1.54, 1.807) is 6.92 Å². The minimum absolute atomic E-state index is 0.0692. The number of thioether (sulfide) groups is 1. The van der Waals surface area contributed by atoms with Gasteiger partial charge in [-0.3, -0.25) is 14.4 Å². The van der Waals surface area contributed by atoms with E-state index >= 15 is 9.59 Å². The third kappa shape index (κ3) is 15.7. The topological polar surface area (TPSA) is 165 Å². The van der Waals surface area contributed by atoms with E-state index in [2.05, 4.69) is 113 Å². The summed E-state index contributed by atoms with van der Waals surface area (Å²) >= 11 is 1.35. The number of nitrogens with zero attached hydrogens (tertiary/aromatic N) is 1. The molecule has 5 unspecified atom stereocenters. The molecule has 76 heavy (non-hydrogen) atoms. The van der Waals surface area contributed by atoms with Gasteiger partial charge >= 0.3 is 17.9 Å². The van der Waals surface area contributed by atoms with Crippen molar-refractivity contribution >= 4 is 59.2 Å². The molecule has 0 aromatic carbocycles. The lowest BCUT2D eigenvalue weighted by Crippen LogP contribution is -2.50. The van der Waals surface area contributed by atoms with Crippen LogP contribution in [-0.2, 0) is 33.4 Å². The number of ether oxygens (including phenoxy) is 3. The third-order valence-electron chi connectivity index (χ3n) is 16.7. The zero-order valence-electron chi connectivity index (χ0n) is 52.0. The second-order valence-electron chi connectivity index (χ2n) is 29.7. The maximum atomic E-state index is 15.4. The molecule has 430 valence electrons. The Morgan fingerprint density at radius 1 is 0.671 bits per heavy atom. The van der Waals surface area contributed by atoms with Crippen molar-refractivity contribution in [2.24, 2.45) is 78.9 Å². The number of allylic oxidation sites excluding steroid dienone is 1. The Balaban J connectivity index is 1.98. The van der Waals surface area contributed by atoms with Crippen molar-refractivity contribution in [1.29, 1.82) is 0 Å². The first-order chi connectivity index (χ1) is 34.5. The highest BCUT2D eigenvalue weighted by atomic mass is 32.2. The number of aromatic amines is 1. The van der Waals surface area contributed by atoms with E-state index in [9.17, 15) is 14.4 Å². The molecule has 0 bridgehead atoms. The summed E-state index contributed by atoms with van der Waals surface area (Å²) < 4.78 is 19.4. The highest BCUT2D eigenvalue weighted by Gasteiger charge is 2.51. The van der Waals surface area contributed by atoms with Gasteiger partial charge in [-0.2, -0.15) is 0 Å². The van der Waals surface area contributed by atoms with Gasteiger partial charge in [-0.15, -0.1) is 11.8 Å². The van der Waals surface area contributed by atoms with E-state index in [-0.39, 0.29) is 110 Å². The third-order valence-corrected chi connectivity index (χ3v) is 17.8. The average molecular weight is 1080 g/mol. The van der Waals surface area contributed by atoms with Crippen molar-refractivity contribution < 1.29 is 38.2 Å². The van der Waals surface area contributed by atoms with E-state index in [0.29, 0.717) is 46.5 Å². The molecule has 2 heterocycles. The van der Waals surface area contributed by atoms with E-state index in [0.717, 1.165) is 25.7 Å². The predicted molar refractivity (Wildman–Crippen MR) is 313 cm³/mol. The van der Waals surface area contributed by atoms with E-state index in [1.807, 2.05) is 75.3 Å². The summed E-state index contributed by atoms with van der Waals surface area (Å²) in [5.41, 5.74) is 0.527. The molecule has 13 heteroatoms. The first kappa shape index (κ1) is 64.7. The lowest BCUT2D eigenvalue weighted by molar-refractivity contribution is -0.164. The molecular weight excluding hydrogens is 973 g/mol. The Morgan fingerprint density at radius 2 is 1.12 bits per heavy atom. The quantitative estimate of drug-likeness (QED) is 0.0880. The summed E-state index contributed by atoms with van der Waals surface area (Å²) in [4.78, 5) is 80.3. The van der Waals surface area contributed by atoms with E-state index < -0.39 is 34.1 Å². The Morgan fingerprint density at radius 3 is 1.51 bits per heavy atom. The van der Waals surface area contributed by atoms with Gasteiger partial charge in [-0.25, -0.2) is 14.6 Å². The first-order valence-electron chi connectivity index (χ1n) is 28.7. The van der Waals surface area contributed by atoms with Crippen molar-refractivity contribution in [1.82, 2.24) is 10.3 Å². The minimum Gasteiger partial charge on any atom is -0.464 e. The Bertz CT molecular complexity index is 2320.